The molecule has 6 heteroatoms. The Morgan fingerprint density at radius 3 is 2.56 bits per heavy atom. The molecular formula is C10H13BrO4S. The van der Waals surface area contributed by atoms with Gasteiger partial charge in [-0.3, -0.25) is 4.18 Å². The lowest BCUT2D eigenvalue weighted by molar-refractivity contribution is 0.221. The Kier molecular flexibility index (Phi) is 4.76. The van der Waals surface area contributed by atoms with Gasteiger partial charge in [-0.05, 0) is 30.7 Å². The van der Waals surface area contributed by atoms with Crippen molar-refractivity contribution in [2.75, 3.05) is 19.5 Å². The number of halogens is 1. The van der Waals surface area contributed by atoms with Crippen LogP contribution in [0.2, 0.25) is 0 Å². The Hall–Kier alpha value is -0.590. The fraction of sp³-hybridized carbons (Fsp3) is 0.400. The van der Waals surface area contributed by atoms with Crippen LogP contribution in [0.5, 0.6) is 5.75 Å². The zero-order valence-electron chi connectivity index (χ0n) is 9.07. The first-order valence-electron chi connectivity index (χ1n) is 4.62. The topological polar surface area (TPSA) is 52.6 Å². The highest BCUT2D eigenvalue weighted by Gasteiger charge is 2.03. The molecule has 0 N–H and O–H groups in total. The van der Waals surface area contributed by atoms with E-state index < -0.39 is 10.1 Å². The van der Waals surface area contributed by atoms with E-state index in [-0.39, 0.29) is 13.2 Å². The van der Waals surface area contributed by atoms with Crippen LogP contribution in [-0.4, -0.2) is 27.9 Å². The van der Waals surface area contributed by atoms with Crippen molar-refractivity contribution in [2.45, 2.75) is 6.92 Å². The summed E-state index contributed by atoms with van der Waals surface area (Å²) in [6.07, 6.45) is 1.01. The Balaban J connectivity index is 2.43. The molecule has 0 unspecified atom stereocenters. The molecule has 0 atom stereocenters. The Morgan fingerprint density at radius 1 is 1.31 bits per heavy atom. The molecule has 0 fully saturated rings. The lowest BCUT2D eigenvalue weighted by Crippen LogP contribution is -2.11. The van der Waals surface area contributed by atoms with E-state index in [9.17, 15) is 8.42 Å². The largest absolute Gasteiger partial charge is 0.491 e. The molecule has 1 aromatic rings. The number of aryl methyl sites for hydroxylation is 1. The molecule has 90 valence electrons. The highest BCUT2D eigenvalue weighted by Crippen LogP contribution is 2.21. The van der Waals surface area contributed by atoms with Gasteiger partial charge in [0, 0.05) is 4.47 Å². The Bertz CT molecular complexity index is 456. The van der Waals surface area contributed by atoms with E-state index in [0.29, 0.717) is 0 Å². The van der Waals surface area contributed by atoms with Crippen LogP contribution in [0.1, 0.15) is 5.56 Å². The van der Waals surface area contributed by atoms with E-state index in [1.807, 2.05) is 25.1 Å². The van der Waals surface area contributed by atoms with Crippen molar-refractivity contribution in [3.8, 4) is 5.75 Å². The summed E-state index contributed by atoms with van der Waals surface area (Å²) < 4.78 is 32.2. The van der Waals surface area contributed by atoms with Crippen molar-refractivity contribution in [3.05, 3.63) is 28.2 Å². The zero-order chi connectivity index (χ0) is 12.2. The fourth-order valence-electron chi connectivity index (χ4n) is 1.11. The second kappa shape index (κ2) is 5.65. The Labute approximate surface area is 104 Å². The molecule has 4 nitrogen and oxygen atoms in total. The molecule has 0 bridgehead atoms. The average molecular weight is 309 g/mol. The standard InChI is InChI=1S/C10H13BrO4S/c1-8-7-9(11)3-4-10(8)14-5-6-15-16(2,12)13/h3-4,7H,5-6H2,1-2H3. The van der Waals surface area contributed by atoms with Crippen molar-refractivity contribution in [1.82, 2.24) is 0 Å². The van der Waals surface area contributed by atoms with E-state index in [4.69, 9.17) is 4.74 Å². The summed E-state index contributed by atoms with van der Waals surface area (Å²) in [5, 5.41) is 0. The van der Waals surface area contributed by atoms with Crippen molar-refractivity contribution >= 4 is 26.0 Å². The second-order valence-corrected chi connectivity index (χ2v) is 5.84. The van der Waals surface area contributed by atoms with E-state index in [2.05, 4.69) is 20.1 Å². The quantitative estimate of drug-likeness (QED) is 0.617. The maximum Gasteiger partial charge on any atom is 0.264 e. The molecule has 0 heterocycles. The Morgan fingerprint density at radius 2 is 2.00 bits per heavy atom. The maximum atomic E-state index is 10.7. The van der Waals surface area contributed by atoms with E-state index in [1.165, 1.54) is 0 Å². The molecule has 0 aliphatic heterocycles. The van der Waals surface area contributed by atoms with Gasteiger partial charge in [-0.1, -0.05) is 15.9 Å². The third-order valence-corrected chi connectivity index (χ3v) is 2.86. The van der Waals surface area contributed by atoms with Crippen molar-refractivity contribution in [3.63, 3.8) is 0 Å². The SMILES string of the molecule is Cc1cc(Br)ccc1OCCOS(C)(=O)=O. The highest BCUT2D eigenvalue weighted by molar-refractivity contribution is 9.10. The summed E-state index contributed by atoms with van der Waals surface area (Å²) in [5.41, 5.74) is 0.980. The molecule has 0 aliphatic rings. The van der Waals surface area contributed by atoms with Gasteiger partial charge in [0.25, 0.3) is 10.1 Å². The molecule has 0 saturated carbocycles. The number of hydrogen-bond acceptors (Lipinski definition) is 4. The molecule has 0 aromatic heterocycles. The predicted molar refractivity (Wildman–Crippen MR) is 65.2 cm³/mol. The first-order valence-corrected chi connectivity index (χ1v) is 7.23. The molecule has 0 amide bonds. The van der Waals surface area contributed by atoms with Crippen LogP contribution in [0, 0.1) is 6.92 Å². The van der Waals surface area contributed by atoms with Gasteiger partial charge in [-0.25, -0.2) is 0 Å². The van der Waals surface area contributed by atoms with E-state index in [1.54, 1.807) is 0 Å². The third kappa shape index (κ3) is 4.96. The van der Waals surface area contributed by atoms with Crippen molar-refractivity contribution < 1.29 is 17.3 Å². The van der Waals surface area contributed by atoms with Crippen LogP contribution in [0.25, 0.3) is 0 Å². The third-order valence-electron chi connectivity index (χ3n) is 1.78. The number of ether oxygens (including phenoxy) is 1. The lowest BCUT2D eigenvalue weighted by Gasteiger charge is -2.08. The monoisotopic (exact) mass is 308 g/mol. The van der Waals surface area contributed by atoms with E-state index >= 15 is 0 Å². The molecule has 0 aliphatic carbocycles. The van der Waals surface area contributed by atoms with Gasteiger partial charge in [0.05, 0.1) is 6.26 Å². The summed E-state index contributed by atoms with van der Waals surface area (Å²) in [5.74, 6) is 0.723. The van der Waals surface area contributed by atoms with Gasteiger partial charge < -0.3 is 4.74 Å². The molecule has 1 rings (SSSR count). The highest BCUT2D eigenvalue weighted by atomic mass is 79.9. The van der Waals surface area contributed by atoms with Crippen LogP contribution < -0.4 is 4.74 Å². The van der Waals surface area contributed by atoms with Gasteiger partial charge in [-0.2, -0.15) is 8.42 Å². The molecule has 1 aromatic carbocycles. The smallest absolute Gasteiger partial charge is 0.264 e. The van der Waals surface area contributed by atoms with Gasteiger partial charge in [0.2, 0.25) is 0 Å². The molecular weight excluding hydrogens is 296 g/mol. The number of benzene rings is 1. The minimum atomic E-state index is -3.38. The van der Waals surface area contributed by atoms with Crippen LogP contribution in [0.3, 0.4) is 0 Å². The van der Waals surface area contributed by atoms with Gasteiger partial charge in [-0.15, -0.1) is 0 Å². The summed E-state index contributed by atoms with van der Waals surface area (Å²) >= 11 is 3.34. The van der Waals surface area contributed by atoms with Crippen LogP contribution in [0.15, 0.2) is 22.7 Å². The summed E-state index contributed by atoms with van der Waals surface area (Å²) in [4.78, 5) is 0. The first kappa shape index (κ1) is 13.5. The van der Waals surface area contributed by atoms with Crippen molar-refractivity contribution in [1.29, 1.82) is 0 Å². The van der Waals surface area contributed by atoms with E-state index in [0.717, 1.165) is 22.0 Å². The van der Waals surface area contributed by atoms with Gasteiger partial charge >= 0.3 is 0 Å². The predicted octanol–water partition coefficient (Wildman–Crippen LogP) is 2.11. The number of rotatable bonds is 5. The minimum Gasteiger partial charge on any atom is -0.491 e. The molecule has 0 spiro atoms. The first-order chi connectivity index (χ1) is 7.38. The molecule has 0 saturated heterocycles. The van der Waals surface area contributed by atoms with Crippen LogP contribution >= 0.6 is 15.9 Å². The van der Waals surface area contributed by atoms with Gasteiger partial charge in [0.1, 0.15) is 19.0 Å². The maximum absolute atomic E-state index is 10.7. The minimum absolute atomic E-state index is 0.0222. The van der Waals surface area contributed by atoms with Crippen LogP contribution in [0.4, 0.5) is 0 Å². The zero-order valence-corrected chi connectivity index (χ0v) is 11.5. The van der Waals surface area contributed by atoms with Crippen LogP contribution in [-0.2, 0) is 14.3 Å². The summed E-state index contributed by atoms with van der Waals surface area (Å²) in [7, 11) is -3.38. The summed E-state index contributed by atoms with van der Waals surface area (Å²) in [6, 6.07) is 5.60. The van der Waals surface area contributed by atoms with Crippen molar-refractivity contribution in [2.24, 2.45) is 0 Å². The second-order valence-electron chi connectivity index (χ2n) is 3.28. The normalized spacial score (nSPS) is 11.4. The average Bonchev–Trinajstić information content (AvgIpc) is 2.13. The fourth-order valence-corrected chi connectivity index (χ4v) is 1.96. The number of hydrogen-bond donors (Lipinski definition) is 0. The molecule has 0 radical (unpaired) electrons. The molecule has 16 heavy (non-hydrogen) atoms. The summed E-state index contributed by atoms with van der Waals surface area (Å²) in [6.45, 7) is 2.14. The lowest BCUT2D eigenvalue weighted by atomic mass is 10.2. The van der Waals surface area contributed by atoms with Gasteiger partial charge in [0.15, 0.2) is 0 Å².